The van der Waals surface area contributed by atoms with E-state index in [1.807, 2.05) is 0 Å². The van der Waals surface area contributed by atoms with Crippen LogP contribution in [0.3, 0.4) is 0 Å². The molecule has 0 aliphatic rings. The number of aromatic nitrogens is 3. The highest BCUT2D eigenvalue weighted by Crippen LogP contribution is 2.08. The number of hydrogen-bond donors (Lipinski definition) is 3. The van der Waals surface area contributed by atoms with Gasteiger partial charge >= 0.3 is 0 Å². The minimum atomic E-state index is -0.169. The zero-order valence-corrected chi connectivity index (χ0v) is 9.09. The summed E-state index contributed by atoms with van der Waals surface area (Å²) < 4.78 is 0. The first kappa shape index (κ1) is 11.4. The summed E-state index contributed by atoms with van der Waals surface area (Å²) >= 11 is 5.64. The number of rotatable bonds is 4. The Labute approximate surface area is 91.7 Å². The number of anilines is 2. The lowest BCUT2D eigenvalue weighted by Crippen LogP contribution is -2.26. The van der Waals surface area contributed by atoms with Gasteiger partial charge in [0.15, 0.2) is 0 Å². The van der Waals surface area contributed by atoms with E-state index in [9.17, 15) is 4.79 Å². The molecule has 0 fully saturated rings. The predicted molar refractivity (Wildman–Crippen MR) is 56.9 cm³/mol. The van der Waals surface area contributed by atoms with E-state index >= 15 is 0 Å². The molecule has 0 aromatic carbocycles. The Hall–Kier alpha value is -1.63. The molecule has 0 bridgehead atoms. The Bertz CT molecular complexity index is 357. The lowest BCUT2D eigenvalue weighted by Gasteiger charge is -2.05. The highest BCUT2D eigenvalue weighted by atomic mass is 35.5. The van der Waals surface area contributed by atoms with Crippen molar-refractivity contribution in [1.82, 2.24) is 20.3 Å². The van der Waals surface area contributed by atoms with Crippen LogP contribution in [0.1, 0.15) is 0 Å². The maximum Gasteiger partial charge on any atom is 0.239 e. The second kappa shape index (κ2) is 5.30. The van der Waals surface area contributed by atoms with Gasteiger partial charge in [0, 0.05) is 14.1 Å². The molecule has 1 heterocycles. The molecule has 3 N–H and O–H groups in total. The van der Waals surface area contributed by atoms with Crippen LogP contribution in [0.15, 0.2) is 0 Å². The van der Waals surface area contributed by atoms with Gasteiger partial charge < -0.3 is 16.0 Å². The minimum absolute atomic E-state index is 0.0637. The van der Waals surface area contributed by atoms with Gasteiger partial charge in [0.25, 0.3) is 0 Å². The molecule has 0 atom stereocenters. The fraction of sp³-hybridized carbons (Fsp3) is 0.429. The third-order valence-corrected chi connectivity index (χ3v) is 1.69. The van der Waals surface area contributed by atoms with E-state index in [0.29, 0.717) is 5.95 Å². The zero-order valence-electron chi connectivity index (χ0n) is 8.33. The van der Waals surface area contributed by atoms with Crippen LogP contribution in [0, 0.1) is 0 Å². The Morgan fingerprint density at radius 2 is 1.93 bits per heavy atom. The van der Waals surface area contributed by atoms with E-state index in [4.69, 9.17) is 11.6 Å². The fourth-order valence-corrected chi connectivity index (χ4v) is 0.949. The van der Waals surface area contributed by atoms with Gasteiger partial charge in [0.05, 0.1) is 6.54 Å². The first-order chi connectivity index (χ1) is 7.15. The fourth-order valence-electron chi connectivity index (χ4n) is 0.789. The van der Waals surface area contributed by atoms with Crippen molar-refractivity contribution in [3.63, 3.8) is 0 Å². The summed E-state index contributed by atoms with van der Waals surface area (Å²) in [5.41, 5.74) is 0. The second-order valence-electron chi connectivity index (χ2n) is 2.53. The molecule has 82 valence electrons. The first-order valence-electron chi connectivity index (χ1n) is 4.19. The van der Waals surface area contributed by atoms with Gasteiger partial charge in [-0.2, -0.15) is 15.0 Å². The van der Waals surface area contributed by atoms with Gasteiger partial charge in [0.2, 0.25) is 23.1 Å². The summed E-state index contributed by atoms with van der Waals surface area (Å²) in [7, 11) is 3.21. The standard InChI is InChI=1S/C7H11ClN6O/c1-9-4(15)3-11-7-13-5(8)12-6(10-2)14-7/h3H2,1-2H3,(H,9,15)(H2,10,11,12,13,14). The van der Waals surface area contributed by atoms with Crippen molar-refractivity contribution >= 4 is 29.4 Å². The molecule has 1 aromatic heterocycles. The summed E-state index contributed by atoms with van der Waals surface area (Å²) in [6.07, 6.45) is 0. The highest BCUT2D eigenvalue weighted by molar-refractivity contribution is 6.28. The van der Waals surface area contributed by atoms with E-state index in [1.165, 1.54) is 0 Å². The Balaban J connectivity index is 2.68. The molecule has 0 spiro atoms. The smallest absolute Gasteiger partial charge is 0.239 e. The molecule has 0 saturated heterocycles. The Morgan fingerprint density at radius 3 is 2.53 bits per heavy atom. The summed E-state index contributed by atoms with van der Waals surface area (Å²) in [5.74, 6) is 0.426. The summed E-state index contributed by atoms with van der Waals surface area (Å²) in [6, 6.07) is 0. The zero-order chi connectivity index (χ0) is 11.3. The molecule has 0 aliphatic heterocycles. The van der Waals surface area contributed by atoms with Crippen LogP contribution in [0.5, 0.6) is 0 Å². The number of amides is 1. The van der Waals surface area contributed by atoms with E-state index < -0.39 is 0 Å². The molecule has 0 saturated carbocycles. The molecule has 15 heavy (non-hydrogen) atoms. The summed E-state index contributed by atoms with van der Waals surface area (Å²) in [4.78, 5) is 22.5. The quantitative estimate of drug-likeness (QED) is 0.659. The Kier molecular flexibility index (Phi) is 4.04. The number of halogens is 1. The first-order valence-corrected chi connectivity index (χ1v) is 4.57. The van der Waals surface area contributed by atoms with Gasteiger partial charge in [-0.1, -0.05) is 0 Å². The number of nitrogens with one attached hydrogen (secondary N) is 3. The molecule has 0 unspecified atom stereocenters. The minimum Gasteiger partial charge on any atom is -0.358 e. The summed E-state index contributed by atoms with van der Waals surface area (Å²) in [6.45, 7) is 0.0833. The van der Waals surface area contributed by atoms with E-state index in [-0.39, 0.29) is 23.7 Å². The number of nitrogens with zero attached hydrogens (tertiary/aromatic N) is 3. The van der Waals surface area contributed by atoms with Gasteiger partial charge in [-0.15, -0.1) is 0 Å². The van der Waals surface area contributed by atoms with E-state index in [1.54, 1.807) is 14.1 Å². The third kappa shape index (κ3) is 3.55. The predicted octanol–water partition coefficient (Wildman–Crippen LogP) is -0.275. The average molecular weight is 231 g/mol. The van der Waals surface area contributed by atoms with Crippen molar-refractivity contribution in [1.29, 1.82) is 0 Å². The second-order valence-corrected chi connectivity index (χ2v) is 2.87. The normalized spacial score (nSPS) is 9.53. The van der Waals surface area contributed by atoms with Crippen LogP contribution in [0.2, 0.25) is 5.28 Å². The molecule has 1 rings (SSSR count). The maximum absolute atomic E-state index is 10.9. The Morgan fingerprint density at radius 1 is 1.27 bits per heavy atom. The molecule has 1 amide bonds. The molecule has 0 aliphatic carbocycles. The molecular formula is C7H11ClN6O. The monoisotopic (exact) mass is 230 g/mol. The van der Waals surface area contributed by atoms with Crippen molar-refractivity contribution in [3.8, 4) is 0 Å². The highest BCUT2D eigenvalue weighted by Gasteiger charge is 2.04. The summed E-state index contributed by atoms with van der Waals surface area (Å²) in [5, 5.41) is 7.96. The van der Waals surface area contributed by atoms with Crippen molar-refractivity contribution in [2.75, 3.05) is 31.3 Å². The van der Waals surface area contributed by atoms with Gasteiger partial charge in [-0.05, 0) is 11.6 Å². The molecule has 0 radical (unpaired) electrons. The molecular weight excluding hydrogens is 220 g/mol. The van der Waals surface area contributed by atoms with Crippen molar-refractivity contribution < 1.29 is 4.79 Å². The number of carbonyl (C=O) groups is 1. The van der Waals surface area contributed by atoms with Crippen molar-refractivity contribution in [3.05, 3.63) is 5.28 Å². The SMILES string of the molecule is CNC(=O)CNc1nc(Cl)nc(NC)n1. The molecule has 7 nitrogen and oxygen atoms in total. The van der Waals surface area contributed by atoms with Crippen LogP contribution in [-0.2, 0) is 4.79 Å². The van der Waals surface area contributed by atoms with Gasteiger partial charge in [-0.25, -0.2) is 0 Å². The third-order valence-electron chi connectivity index (χ3n) is 1.52. The van der Waals surface area contributed by atoms with Gasteiger partial charge in [-0.3, -0.25) is 4.79 Å². The lowest BCUT2D eigenvalue weighted by molar-refractivity contribution is -0.118. The van der Waals surface area contributed by atoms with Crippen LogP contribution >= 0.6 is 11.6 Å². The van der Waals surface area contributed by atoms with E-state index in [2.05, 4.69) is 30.9 Å². The van der Waals surface area contributed by atoms with Gasteiger partial charge in [0.1, 0.15) is 0 Å². The van der Waals surface area contributed by atoms with E-state index in [0.717, 1.165) is 0 Å². The number of likely N-dealkylation sites (N-methyl/N-ethyl adjacent to an activating group) is 1. The maximum atomic E-state index is 10.9. The molecule has 1 aromatic rings. The van der Waals surface area contributed by atoms with Crippen LogP contribution in [-0.4, -0.2) is 41.5 Å². The largest absolute Gasteiger partial charge is 0.358 e. The average Bonchev–Trinajstić information content (AvgIpc) is 2.25. The number of carbonyl (C=O) groups excluding carboxylic acids is 1. The molecule has 8 heteroatoms. The lowest BCUT2D eigenvalue weighted by atomic mass is 10.6. The van der Waals surface area contributed by atoms with Crippen LogP contribution in [0.25, 0.3) is 0 Å². The topological polar surface area (TPSA) is 91.8 Å². The number of hydrogen-bond acceptors (Lipinski definition) is 6. The van der Waals surface area contributed by atoms with Crippen molar-refractivity contribution in [2.45, 2.75) is 0 Å². The van der Waals surface area contributed by atoms with Crippen LogP contribution in [0.4, 0.5) is 11.9 Å². The van der Waals surface area contributed by atoms with Crippen molar-refractivity contribution in [2.24, 2.45) is 0 Å². The van der Waals surface area contributed by atoms with Crippen LogP contribution < -0.4 is 16.0 Å².